The lowest BCUT2D eigenvalue weighted by atomic mass is 10.1. The van der Waals surface area contributed by atoms with Crippen molar-refractivity contribution in [1.29, 1.82) is 0 Å². The number of rotatable bonds is 10. The van der Waals surface area contributed by atoms with Gasteiger partial charge in [-0.05, 0) is 61.7 Å². The van der Waals surface area contributed by atoms with Crippen molar-refractivity contribution in [3.63, 3.8) is 0 Å². The number of carbonyl (C=O) groups excluding carboxylic acids is 1. The predicted octanol–water partition coefficient (Wildman–Crippen LogP) is 4.82. The summed E-state index contributed by atoms with van der Waals surface area (Å²) in [6, 6.07) is 25.0. The molecule has 0 aliphatic rings. The van der Waals surface area contributed by atoms with Gasteiger partial charge >= 0.3 is 0 Å². The van der Waals surface area contributed by atoms with Gasteiger partial charge in [-0.15, -0.1) is 6.58 Å². The van der Waals surface area contributed by atoms with Crippen LogP contribution in [0.25, 0.3) is 0 Å². The molecule has 0 spiro atoms. The molecule has 1 atom stereocenters. The fraction of sp³-hybridized carbons (Fsp3) is 0.192. The van der Waals surface area contributed by atoms with Crippen LogP contribution in [0, 0.1) is 0 Å². The van der Waals surface area contributed by atoms with Gasteiger partial charge in [0.1, 0.15) is 0 Å². The third-order valence-corrected chi connectivity index (χ3v) is 6.94. The van der Waals surface area contributed by atoms with Gasteiger partial charge < -0.3 is 5.32 Å². The molecule has 0 bridgehead atoms. The fourth-order valence-corrected chi connectivity index (χ4v) is 4.82. The first-order valence-electron chi connectivity index (χ1n) is 10.6. The van der Waals surface area contributed by atoms with Crippen LogP contribution >= 0.6 is 0 Å². The Balaban J connectivity index is 1.68. The molecule has 0 aliphatic heterocycles. The zero-order valence-electron chi connectivity index (χ0n) is 18.1. The molecule has 5 nitrogen and oxygen atoms in total. The van der Waals surface area contributed by atoms with Crippen LogP contribution in [0.5, 0.6) is 0 Å². The minimum Gasteiger partial charge on any atom is -0.350 e. The van der Waals surface area contributed by atoms with Crippen LogP contribution in [0.15, 0.2) is 102 Å². The topological polar surface area (TPSA) is 66.5 Å². The predicted molar refractivity (Wildman–Crippen MR) is 129 cm³/mol. The molecule has 0 saturated heterocycles. The highest BCUT2D eigenvalue weighted by Crippen LogP contribution is 2.24. The van der Waals surface area contributed by atoms with E-state index in [1.807, 2.05) is 25.1 Å². The molecule has 6 heteroatoms. The maximum Gasteiger partial charge on any atom is 0.264 e. The van der Waals surface area contributed by atoms with Gasteiger partial charge in [-0.3, -0.25) is 9.10 Å². The molecule has 32 heavy (non-hydrogen) atoms. The summed E-state index contributed by atoms with van der Waals surface area (Å²) in [5.41, 5.74) is 2.19. The molecule has 0 unspecified atom stereocenters. The average molecular weight is 449 g/mol. The van der Waals surface area contributed by atoms with E-state index in [1.165, 1.54) is 15.9 Å². The van der Waals surface area contributed by atoms with Crippen molar-refractivity contribution in [3.05, 3.63) is 109 Å². The van der Waals surface area contributed by atoms with Crippen LogP contribution in [-0.4, -0.2) is 26.9 Å². The maximum atomic E-state index is 13.1. The molecule has 1 N–H and O–H groups in total. The number of hydrogen-bond donors (Lipinski definition) is 1. The van der Waals surface area contributed by atoms with Gasteiger partial charge in [-0.2, -0.15) is 0 Å². The zero-order chi connectivity index (χ0) is 23.0. The van der Waals surface area contributed by atoms with Gasteiger partial charge in [0.2, 0.25) is 0 Å². The van der Waals surface area contributed by atoms with E-state index in [0.29, 0.717) is 11.3 Å². The first kappa shape index (κ1) is 23.3. The number of anilines is 1. The molecule has 0 fully saturated rings. The second kappa shape index (κ2) is 10.8. The van der Waals surface area contributed by atoms with E-state index in [2.05, 4.69) is 24.0 Å². The quantitative estimate of drug-likeness (QED) is 0.452. The van der Waals surface area contributed by atoms with Crippen molar-refractivity contribution in [1.82, 2.24) is 5.32 Å². The fourth-order valence-electron chi connectivity index (χ4n) is 3.37. The first-order chi connectivity index (χ1) is 15.4. The number of nitrogens with one attached hydrogen (secondary N) is 1. The summed E-state index contributed by atoms with van der Waals surface area (Å²) in [4.78, 5) is 12.8. The molecule has 0 saturated carbocycles. The molecule has 0 radical (unpaired) electrons. The second-order valence-corrected chi connectivity index (χ2v) is 9.45. The molecule has 0 aromatic heterocycles. The normalized spacial score (nSPS) is 12.0. The third-order valence-electron chi connectivity index (χ3n) is 5.13. The summed E-state index contributed by atoms with van der Waals surface area (Å²) in [6.07, 6.45) is 3.25. The van der Waals surface area contributed by atoms with Gasteiger partial charge in [0.25, 0.3) is 15.9 Å². The Morgan fingerprint density at radius 3 is 2.16 bits per heavy atom. The van der Waals surface area contributed by atoms with Gasteiger partial charge in [0.05, 0.1) is 17.1 Å². The highest BCUT2D eigenvalue weighted by molar-refractivity contribution is 7.92. The largest absolute Gasteiger partial charge is 0.350 e. The zero-order valence-corrected chi connectivity index (χ0v) is 19.0. The highest BCUT2D eigenvalue weighted by atomic mass is 32.2. The van der Waals surface area contributed by atoms with E-state index < -0.39 is 10.0 Å². The first-order valence-corrected chi connectivity index (χ1v) is 12.0. The smallest absolute Gasteiger partial charge is 0.264 e. The lowest BCUT2D eigenvalue weighted by Gasteiger charge is -2.23. The average Bonchev–Trinajstić information content (AvgIpc) is 2.82. The van der Waals surface area contributed by atoms with E-state index in [4.69, 9.17) is 0 Å². The number of sulfonamides is 1. The minimum atomic E-state index is -3.74. The van der Waals surface area contributed by atoms with Crippen LogP contribution in [0.4, 0.5) is 5.69 Å². The Bertz CT molecular complexity index is 1130. The molecule has 166 valence electrons. The highest BCUT2D eigenvalue weighted by Gasteiger charge is 2.24. The van der Waals surface area contributed by atoms with Gasteiger partial charge in [0, 0.05) is 11.6 Å². The van der Waals surface area contributed by atoms with Crippen molar-refractivity contribution >= 4 is 21.6 Å². The van der Waals surface area contributed by atoms with Crippen molar-refractivity contribution in [2.75, 3.05) is 10.8 Å². The van der Waals surface area contributed by atoms with E-state index >= 15 is 0 Å². The lowest BCUT2D eigenvalue weighted by molar-refractivity contribution is 0.0938. The Hall–Kier alpha value is -3.38. The van der Waals surface area contributed by atoms with E-state index in [1.54, 1.807) is 54.6 Å². The van der Waals surface area contributed by atoms with Crippen LogP contribution in [-0.2, 0) is 16.4 Å². The van der Waals surface area contributed by atoms with Gasteiger partial charge in [-0.25, -0.2) is 8.42 Å². The molecule has 0 heterocycles. The third kappa shape index (κ3) is 5.86. The van der Waals surface area contributed by atoms with Crippen molar-refractivity contribution < 1.29 is 13.2 Å². The maximum absolute atomic E-state index is 13.1. The molecule has 3 aromatic rings. The van der Waals surface area contributed by atoms with E-state index in [9.17, 15) is 13.2 Å². The lowest BCUT2D eigenvalue weighted by Crippen LogP contribution is -2.33. The number of carbonyl (C=O) groups is 1. The number of aryl methyl sites for hydroxylation is 1. The summed E-state index contributed by atoms with van der Waals surface area (Å²) in [6.45, 7) is 5.78. The molecule has 1 amide bonds. The van der Waals surface area contributed by atoms with Crippen LogP contribution in [0.2, 0.25) is 0 Å². The van der Waals surface area contributed by atoms with Gasteiger partial charge in [0.15, 0.2) is 0 Å². The van der Waals surface area contributed by atoms with Crippen LogP contribution in [0.1, 0.15) is 29.3 Å². The molecule has 0 aliphatic carbocycles. The van der Waals surface area contributed by atoms with E-state index in [0.717, 1.165) is 12.8 Å². The summed E-state index contributed by atoms with van der Waals surface area (Å²) < 4.78 is 27.4. The summed E-state index contributed by atoms with van der Waals surface area (Å²) >= 11 is 0. The second-order valence-electron chi connectivity index (χ2n) is 7.58. The number of hydrogen-bond acceptors (Lipinski definition) is 3. The van der Waals surface area contributed by atoms with E-state index in [-0.39, 0.29) is 23.4 Å². The number of amides is 1. The molecular formula is C26H28N2O3S. The van der Waals surface area contributed by atoms with Crippen molar-refractivity contribution in [2.24, 2.45) is 0 Å². The molecule has 3 rings (SSSR count). The molecule has 3 aromatic carbocycles. The Morgan fingerprint density at radius 2 is 1.56 bits per heavy atom. The standard InChI is InChI=1S/C26H28N2O3S/c1-3-20-28(32(30,31)25-12-8-5-9-13-25)24-18-16-23(17-19-24)26(29)27-21(2)14-15-22-10-6-4-7-11-22/h3-13,16-19,21H,1,14-15,20H2,2H3,(H,27,29)/t21-/m0/s1. The van der Waals surface area contributed by atoms with Crippen molar-refractivity contribution in [2.45, 2.75) is 30.7 Å². The number of nitrogens with zero attached hydrogens (tertiary/aromatic N) is 1. The summed E-state index contributed by atoms with van der Waals surface area (Å²) in [5.74, 6) is -0.182. The summed E-state index contributed by atoms with van der Waals surface area (Å²) in [7, 11) is -3.74. The Labute approximate surface area is 190 Å². The number of benzene rings is 3. The van der Waals surface area contributed by atoms with Crippen LogP contribution < -0.4 is 9.62 Å². The van der Waals surface area contributed by atoms with Crippen LogP contribution in [0.3, 0.4) is 0 Å². The monoisotopic (exact) mass is 448 g/mol. The Morgan fingerprint density at radius 1 is 0.969 bits per heavy atom. The summed E-state index contributed by atoms with van der Waals surface area (Å²) in [5, 5.41) is 3.01. The van der Waals surface area contributed by atoms with Gasteiger partial charge in [-0.1, -0.05) is 54.6 Å². The molecular weight excluding hydrogens is 420 g/mol. The van der Waals surface area contributed by atoms with Crippen molar-refractivity contribution in [3.8, 4) is 0 Å². The SMILES string of the molecule is C=CCN(c1ccc(C(=O)N[C@@H](C)CCc2ccccc2)cc1)S(=O)(=O)c1ccccc1. The Kier molecular flexibility index (Phi) is 7.84. The minimum absolute atomic E-state index is 0.0121.